The topological polar surface area (TPSA) is 70.7 Å². The lowest BCUT2D eigenvalue weighted by Gasteiger charge is -2.59. The number of benzene rings is 1. The Balaban J connectivity index is 1.37. The summed E-state index contributed by atoms with van der Waals surface area (Å²) in [6.45, 7) is 8.85. The van der Waals surface area contributed by atoms with Crippen molar-refractivity contribution in [3.8, 4) is 5.75 Å². The van der Waals surface area contributed by atoms with Gasteiger partial charge >= 0.3 is 0 Å². The number of methoxy groups -OCH3 is 1. The molecule has 1 aromatic rings. The van der Waals surface area contributed by atoms with Gasteiger partial charge in [-0.3, -0.25) is 14.5 Å². The maximum Gasteiger partial charge on any atom is 0.251 e. The number of ether oxygens (including phenoxy) is 1. The summed E-state index contributed by atoms with van der Waals surface area (Å²) in [6.07, 6.45) is 2.11. The zero-order chi connectivity index (χ0) is 20.5. The average Bonchev–Trinajstić information content (AvgIpc) is 2.52. The van der Waals surface area contributed by atoms with Gasteiger partial charge in [-0.05, 0) is 57.1 Å². The van der Waals surface area contributed by atoms with E-state index >= 15 is 0 Å². The van der Waals surface area contributed by atoms with Crippen LogP contribution in [0.25, 0.3) is 0 Å². The lowest BCUT2D eigenvalue weighted by Crippen LogP contribution is -2.64. The summed E-state index contributed by atoms with van der Waals surface area (Å²) in [7, 11) is 1.44. The molecule has 1 aromatic carbocycles. The number of halogens is 1. The minimum atomic E-state index is -0.489. The van der Waals surface area contributed by atoms with Crippen LogP contribution in [-0.4, -0.2) is 55.5 Å². The molecule has 2 fully saturated rings. The van der Waals surface area contributed by atoms with Crippen LogP contribution in [0.3, 0.4) is 0 Å². The van der Waals surface area contributed by atoms with Crippen LogP contribution in [0.5, 0.6) is 5.75 Å². The Morgan fingerprint density at radius 1 is 1.25 bits per heavy atom. The molecular weight excluding hydrogens is 361 g/mol. The van der Waals surface area contributed by atoms with E-state index in [-0.39, 0.29) is 22.9 Å². The highest BCUT2D eigenvalue weighted by atomic mass is 19.1. The molecule has 28 heavy (non-hydrogen) atoms. The first kappa shape index (κ1) is 20.6. The fourth-order valence-corrected chi connectivity index (χ4v) is 4.39. The fourth-order valence-electron chi connectivity index (χ4n) is 4.39. The lowest BCUT2D eigenvalue weighted by molar-refractivity contribution is -0.133. The molecular formula is C21H30FN3O3. The van der Waals surface area contributed by atoms with Gasteiger partial charge in [-0.25, -0.2) is 4.39 Å². The number of rotatable bonds is 6. The summed E-state index contributed by atoms with van der Waals surface area (Å²) in [6, 6.07) is 4.00. The second-order valence-corrected chi connectivity index (χ2v) is 9.31. The zero-order valence-corrected chi connectivity index (χ0v) is 17.1. The quantitative estimate of drug-likeness (QED) is 0.780. The maximum atomic E-state index is 13.5. The Labute approximate surface area is 165 Å². The second kappa shape index (κ2) is 7.70. The Morgan fingerprint density at radius 3 is 2.54 bits per heavy atom. The van der Waals surface area contributed by atoms with E-state index in [4.69, 9.17) is 4.74 Å². The monoisotopic (exact) mass is 391 g/mol. The van der Waals surface area contributed by atoms with Crippen molar-refractivity contribution >= 4 is 11.8 Å². The van der Waals surface area contributed by atoms with Crippen LogP contribution in [0.4, 0.5) is 4.39 Å². The molecule has 1 saturated heterocycles. The molecule has 3 rings (SSSR count). The molecule has 1 aliphatic carbocycles. The van der Waals surface area contributed by atoms with E-state index in [1.807, 2.05) is 20.8 Å². The van der Waals surface area contributed by atoms with Crippen molar-refractivity contribution in [2.24, 2.45) is 11.3 Å². The van der Waals surface area contributed by atoms with Crippen molar-refractivity contribution in [3.63, 3.8) is 0 Å². The molecule has 2 N–H and O–H groups in total. The zero-order valence-electron chi connectivity index (χ0n) is 17.1. The van der Waals surface area contributed by atoms with Crippen molar-refractivity contribution in [3.05, 3.63) is 29.6 Å². The number of hydrogen-bond donors (Lipinski definition) is 2. The summed E-state index contributed by atoms with van der Waals surface area (Å²) < 4.78 is 18.5. The van der Waals surface area contributed by atoms with Crippen LogP contribution in [0.1, 0.15) is 44.0 Å². The third-order valence-corrected chi connectivity index (χ3v) is 5.36. The van der Waals surface area contributed by atoms with E-state index in [0.29, 0.717) is 30.2 Å². The number of carbonyl (C=O) groups is 2. The molecule has 1 heterocycles. The van der Waals surface area contributed by atoms with Gasteiger partial charge in [0.15, 0.2) is 0 Å². The molecule has 6 nitrogen and oxygen atoms in total. The normalized spacial score (nSPS) is 18.9. The van der Waals surface area contributed by atoms with E-state index in [2.05, 4.69) is 15.5 Å². The molecule has 2 amide bonds. The Bertz CT molecular complexity index is 746. The van der Waals surface area contributed by atoms with Gasteiger partial charge in [0, 0.05) is 36.8 Å². The van der Waals surface area contributed by atoms with Crippen molar-refractivity contribution in [1.82, 2.24) is 15.5 Å². The highest BCUT2D eigenvalue weighted by molar-refractivity contribution is 5.94. The third-order valence-electron chi connectivity index (χ3n) is 5.36. The van der Waals surface area contributed by atoms with Gasteiger partial charge in [-0.1, -0.05) is 0 Å². The summed E-state index contributed by atoms with van der Waals surface area (Å²) in [4.78, 5) is 26.4. The van der Waals surface area contributed by atoms with Crippen molar-refractivity contribution in [2.45, 2.75) is 39.2 Å². The number of amides is 2. The highest BCUT2D eigenvalue weighted by Gasteiger charge is 2.52. The predicted molar refractivity (Wildman–Crippen MR) is 105 cm³/mol. The van der Waals surface area contributed by atoms with E-state index in [1.54, 1.807) is 0 Å². The first-order valence-electron chi connectivity index (χ1n) is 9.74. The molecule has 0 bridgehead atoms. The largest absolute Gasteiger partial charge is 0.497 e. The number of hydrogen-bond acceptors (Lipinski definition) is 4. The summed E-state index contributed by atoms with van der Waals surface area (Å²) in [5.74, 6) is 0.0590. The Kier molecular flexibility index (Phi) is 5.66. The highest BCUT2D eigenvalue weighted by Crippen LogP contribution is 2.51. The molecule has 2 aliphatic rings. The number of likely N-dealkylation sites (tertiary alicyclic amines) is 1. The third kappa shape index (κ3) is 5.01. The lowest BCUT2D eigenvalue weighted by atomic mass is 9.57. The minimum absolute atomic E-state index is 0.0657. The molecule has 0 unspecified atom stereocenters. The average molecular weight is 391 g/mol. The van der Waals surface area contributed by atoms with Gasteiger partial charge in [-0.2, -0.15) is 0 Å². The van der Waals surface area contributed by atoms with Crippen LogP contribution < -0.4 is 15.4 Å². The molecule has 1 spiro atoms. The fraction of sp³-hybridized carbons (Fsp3) is 0.619. The summed E-state index contributed by atoms with van der Waals surface area (Å²) in [5, 5.41) is 5.88. The van der Waals surface area contributed by atoms with Gasteiger partial charge in [0.2, 0.25) is 5.91 Å². The van der Waals surface area contributed by atoms with Crippen molar-refractivity contribution in [1.29, 1.82) is 0 Å². The molecule has 0 radical (unpaired) electrons. The number of nitrogens with one attached hydrogen (secondary N) is 2. The van der Waals surface area contributed by atoms with Crippen LogP contribution >= 0.6 is 0 Å². The van der Waals surface area contributed by atoms with Gasteiger partial charge < -0.3 is 15.4 Å². The number of carbonyl (C=O) groups excluding carboxylic acids is 2. The minimum Gasteiger partial charge on any atom is -0.497 e. The SMILES string of the molecule is COc1cc(F)cc(C(=O)NCC2CC3(C2)CN(CC(=O)NC(C)(C)C)C3)c1. The van der Waals surface area contributed by atoms with Crippen LogP contribution in [0.15, 0.2) is 18.2 Å². The Morgan fingerprint density at radius 2 is 1.93 bits per heavy atom. The van der Waals surface area contributed by atoms with E-state index in [1.165, 1.54) is 25.3 Å². The Hall–Kier alpha value is -2.15. The van der Waals surface area contributed by atoms with E-state index in [9.17, 15) is 14.0 Å². The van der Waals surface area contributed by atoms with Crippen molar-refractivity contribution in [2.75, 3.05) is 33.3 Å². The van der Waals surface area contributed by atoms with Crippen molar-refractivity contribution < 1.29 is 18.7 Å². The molecule has 0 atom stereocenters. The molecule has 0 aromatic heterocycles. The predicted octanol–water partition coefficient (Wildman–Crippen LogP) is 2.19. The number of nitrogens with zero attached hydrogens (tertiary/aromatic N) is 1. The standard InChI is InChI=1S/C21H30FN3O3/c1-20(2,3)24-18(26)11-25-12-21(13-25)8-14(9-21)10-23-19(27)15-5-16(22)7-17(6-15)28-4/h5-7,14H,8-13H2,1-4H3,(H,23,27)(H,24,26). The van der Waals surface area contributed by atoms with Crippen LogP contribution in [0, 0.1) is 17.2 Å². The summed E-state index contributed by atoms with van der Waals surface area (Å²) >= 11 is 0. The first-order valence-corrected chi connectivity index (χ1v) is 9.74. The van der Waals surface area contributed by atoms with Crippen LogP contribution in [-0.2, 0) is 4.79 Å². The van der Waals surface area contributed by atoms with Gasteiger partial charge in [-0.15, -0.1) is 0 Å². The summed E-state index contributed by atoms with van der Waals surface area (Å²) in [5.41, 5.74) is 0.371. The van der Waals surface area contributed by atoms with Gasteiger partial charge in [0.1, 0.15) is 11.6 Å². The van der Waals surface area contributed by atoms with Gasteiger partial charge in [0.25, 0.3) is 5.91 Å². The van der Waals surface area contributed by atoms with E-state index in [0.717, 1.165) is 25.9 Å². The molecule has 1 aliphatic heterocycles. The van der Waals surface area contributed by atoms with Gasteiger partial charge in [0.05, 0.1) is 13.7 Å². The van der Waals surface area contributed by atoms with E-state index < -0.39 is 5.82 Å². The van der Waals surface area contributed by atoms with Crippen LogP contribution in [0.2, 0.25) is 0 Å². The molecule has 154 valence electrons. The molecule has 1 saturated carbocycles. The second-order valence-electron chi connectivity index (χ2n) is 9.31. The first-order chi connectivity index (χ1) is 13.1. The smallest absolute Gasteiger partial charge is 0.251 e. The maximum absolute atomic E-state index is 13.5. The molecule has 7 heteroatoms.